The number of carbonyl (C=O) groups excluding carboxylic acids is 3. The van der Waals surface area contributed by atoms with Gasteiger partial charge in [-0.1, -0.05) is 25.5 Å². The summed E-state index contributed by atoms with van der Waals surface area (Å²) in [4.78, 5) is 36.4. The third-order valence-corrected chi connectivity index (χ3v) is 10.2. The molecule has 1 N–H and O–H groups in total. The van der Waals surface area contributed by atoms with Gasteiger partial charge in [-0.3, -0.25) is 14.4 Å². The van der Waals surface area contributed by atoms with Gasteiger partial charge in [0.05, 0.1) is 12.1 Å². The molecule has 2 heterocycles. The summed E-state index contributed by atoms with van der Waals surface area (Å²) in [5.41, 5.74) is -1.45. The van der Waals surface area contributed by atoms with Crippen LogP contribution in [0, 0.1) is 22.7 Å². The second-order valence-electron chi connectivity index (χ2n) is 11.4. The molecule has 0 bridgehead atoms. The molecule has 6 nitrogen and oxygen atoms in total. The zero-order chi connectivity index (χ0) is 23.6. The van der Waals surface area contributed by atoms with Crippen molar-refractivity contribution in [3.63, 3.8) is 0 Å². The summed E-state index contributed by atoms with van der Waals surface area (Å²) in [6, 6.07) is -0.894. The third-order valence-electron chi connectivity index (χ3n) is 10.2. The molecule has 0 aromatic heterocycles. The molecule has 0 aromatic carbocycles. The first-order valence-corrected chi connectivity index (χ1v) is 11.9. The molecule has 6 aliphatic rings. The number of hydrogen-bond acceptors (Lipinski definition) is 5. The van der Waals surface area contributed by atoms with Gasteiger partial charge in [-0.2, -0.15) is 13.2 Å². The van der Waals surface area contributed by atoms with Gasteiger partial charge < -0.3 is 14.8 Å². The first kappa shape index (κ1) is 21.6. The van der Waals surface area contributed by atoms with Crippen molar-refractivity contribution in [1.29, 1.82) is 0 Å². The van der Waals surface area contributed by atoms with Crippen LogP contribution in [0.5, 0.6) is 0 Å². The second-order valence-corrected chi connectivity index (χ2v) is 11.4. The van der Waals surface area contributed by atoms with Crippen LogP contribution in [0.25, 0.3) is 0 Å². The molecule has 0 aromatic rings. The van der Waals surface area contributed by atoms with Crippen LogP contribution >= 0.6 is 0 Å². The molecule has 3 saturated carbocycles. The molecule has 2 spiro atoms. The molecule has 2 aliphatic heterocycles. The summed E-state index contributed by atoms with van der Waals surface area (Å²) >= 11 is 0. The molecule has 9 heteroatoms. The van der Waals surface area contributed by atoms with Gasteiger partial charge in [-0.25, -0.2) is 0 Å². The minimum Gasteiger partial charge on any atom is -0.458 e. The zero-order valence-electron chi connectivity index (χ0n) is 18.7. The predicted octanol–water partition coefficient (Wildman–Crippen LogP) is 3.38. The maximum atomic E-state index is 13.3. The molecule has 2 unspecified atom stereocenters. The van der Waals surface area contributed by atoms with Crippen LogP contribution in [0.2, 0.25) is 0 Å². The Bertz CT molecular complexity index is 1010. The van der Waals surface area contributed by atoms with Crippen LogP contribution in [0.4, 0.5) is 13.2 Å². The van der Waals surface area contributed by atoms with Gasteiger partial charge in [0.1, 0.15) is 17.0 Å². The molecule has 5 fully saturated rings. The van der Waals surface area contributed by atoms with E-state index in [0.717, 1.165) is 5.57 Å². The maximum absolute atomic E-state index is 13.3. The SMILES string of the molecule is C[C@]12CCC(=O)CC1=C[C@@H](NC(=O)C(F)(F)F)C1C3CC[C@@]4(CCC(=O)O4)[C@@]3(C)C[C@H]3O[C@@]132. The van der Waals surface area contributed by atoms with Crippen molar-refractivity contribution in [3.8, 4) is 0 Å². The van der Waals surface area contributed by atoms with Gasteiger partial charge in [0.15, 0.2) is 0 Å². The molecule has 6 rings (SSSR count). The summed E-state index contributed by atoms with van der Waals surface area (Å²) in [6.07, 6.45) is 0.691. The highest BCUT2D eigenvalue weighted by Gasteiger charge is 2.82. The lowest BCUT2D eigenvalue weighted by atomic mass is 9.45. The minimum atomic E-state index is -5.01. The number of alkyl halides is 3. The number of nitrogens with one attached hydrogen (secondary N) is 1. The Morgan fingerprint density at radius 1 is 1.15 bits per heavy atom. The van der Waals surface area contributed by atoms with Gasteiger partial charge in [0, 0.05) is 36.0 Å². The van der Waals surface area contributed by atoms with Crippen molar-refractivity contribution in [2.24, 2.45) is 22.7 Å². The van der Waals surface area contributed by atoms with E-state index in [1.165, 1.54) is 0 Å². The highest BCUT2D eigenvalue weighted by molar-refractivity contribution is 5.84. The van der Waals surface area contributed by atoms with E-state index in [4.69, 9.17) is 9.47 Å². The van der Waals surface area contributed by atoms with Crippen LogP contribution in [-0.2, 0) is 23.9 Å². The van der Waals surface area contributed by atoms with Gasteiger partial charge in [0.2, 0.25) is 0 Å². The van der Waals surface area contributed by atoms with Crippen molar-refractivity contribution in [1.82, 2.24) is 5.32 Å². The van der Waals surface area contributed by atoms with Crippen LogP contribution in [0.15, 0.2) is 11.6 Å². The lowest BCUT2D eigenvalue weighted by molar-refractivity contribution is -0.176. The Hall–Kier alpha value is -1.90. The quantitative estimate of drug-likeness (QED) is 0.363. The molecular formula is C24H28F3NO5. The van der Waals surface area contributed by atoms with Crippen LogP contribution in [0.1, 0.15) is 65.2 Å². The normalized spacial score (nSPS) is 50.0. The molecular weight excluding hydrogens is 439 g/mol. The number of amides is 1. The number of halogens is 3. The van der Waals surface area contributed by atoms with Crippen molar-refractivity contribution in [2.75, 3.05) is 0 Å². The van der Waals surface area contributed by atoms with Crippen LogP contribution < -0.4 is 5.32 Å². The van der Waals surface area contributed by atoms with Gasteiger partial charge in [-0.05, 0) is 38.0 Å². The number of ether oxygens (including phenoxy) is 2. The fourth-order valence-corrected chi connectivity index (χ4v) is 8.61. The van der Waals surface area contributed by atoms with E-state index < -0.39 is 40.2 Å². The highest BCUT2D eigenvalue weighted by Crippen LogP contribution is 2.77. The van der Waals surface area contributed by atoms with E-state index in [-0.39, 0.29) is 36.1 Å². The molecule has 2 saturated heterocycles. The van der Waals surface area contributed by atoms with E-state index in [9.17, 15) is 27.6 Å². The highest BCUT2D eigenvalue weighted by atomic mass is 19.4. The van der Waals surface area contributed by atoms with Crippen molar-refractivity contribution < 1.29 is 37.0 Å². The lowest BCUT2D eigenvalue weighted by Crippen LogP contribution is -2.65. The van der Waals surface area contributed by atoms with E-state index in [1.807, 2.05) is 0 Å². The first-order valence-electron chi connectivity index (χ1n) is 11.9. The predicted molar refractivity (Wildman–Crippen MR) is 108 cm³/mol. The molecule has 33 heavy (non-hydrogen) atoms. The zero-order valence-corrected chi connectivity index (χ0v) is 18.7. The summed E-state index contributed by atoms with van der Waals surface area (Å²) < 4.78 is 52.2. The summed E-state index contributed by atoms with van der Waals surface area (Å²) in [5, 5.41) is 2.25. The number of esters is 1. The molecule has 180 valence electrons. The monoisotopic (exact) mass is 467 g/mol. The molecule has 0 radical (unpaired) electrons. The van der Waals surface area contributed by atoms with E-state index in [0.29, 0.717) is 44.9 Å². The maximum Gasteiger partial charge on any atom is 0.471 e. The van der Waals surface area contributed by atoms with Crippen molar-refractivity contribution in [2.45, 2.75) is 94.7 Å². The number of fused-ring (bicyclic) bond motifs is 4. The van der Waals surface area contributed by atoms with E-state index in [1.54, 1.807) is 6.08 Å². The Labute approximate surface area is 189 Å². The largest absolute Gasteiger partial charge is 0.471 e. The lowest BCUT2D eigenvalue weighted by Gasteiger charge is -2.58. The number of rotatable bonds is 1. The first-order chi connectivity index (χ1) is 15.4. The fraction of sp³-hybridized carbons (Fsp3) is 0.792. The topological polar surface area (TPSA) is 85.0 Å². The minimum absolute atomic E-state index is 0.0602. The van der Waals surface area contributed by atoms with E-state index in [2.05, 4.69) is 19.2 Å². The van der Waals surface area contributed by atoms with Crippen molar-refractivity contribution >= 4 is 17.7 Å². The third kappa shape index (κ3) is 2.52. The number of epoxide rings is 1. The van der Waals surface area contributed by atoms with Gasteiger partial charge in [-0.15, -0.1) is 0 Å². The van der Waals surface area contributed by atoms with Crippen LogP contribution in [-0.4, -0.2) is 47.2 Å². The van der Waals surface area contributed by atoms with Crippen molar-refractivity contribution in [3.05, 3.63) is 11.6 Å². The molecule has 4 aliphatic carbocycles. The fourth-order valence-electron chi connectivity index (χ4n) is 8.61. The Morgan fingerprint density at radius 2 is 1.91 bits per heavy atom. The number of Topliss-reactive ketones (excluding diaryl/α,β-unsaturated/α-hetero) is 1. The Kier molecular flexibility index (Phi) is 4.06. The number of ketones is 1. The standard InChI is InChI=1S/C24H28F3NO5/c1-20-6-3-13(29)9-12(20)10-15(28-19(31)24(25,26)27)18-14-4-7-22(8-5-17(30)33-22)21(14,2)11-16-23(18,20)32-16/h10,14-16,18H,3-9,11H2,1-2H3,(H,28,31)/t14?,15-,16-,18?,20+,21+,22-,23-/m1/s1. The Balaban J connectivity index is 1.46. The molecule has 8 atom stereocenters. The van der Waals surface area contributed by atoms with Gasteiger partial charge in [0.25, 0.3) is 0 Å². The average Bonchev–Trinajstić information content (AvgIpc) is 3.21. The summed E-state index contributed by atoms with van der Waals surface area (Å²) in [6.45, 7) is 4.16. The Morgan fingerprint density at radius 3 is 2.58 bits per heavy atom. The smallest absolute Gasteiger partial charge is 0.458 e. The summed E-state index contributed by atoms with van der Waals surface area (Å²) in [5.74, 6) is -2.60. The van der Waals surface area contributed by atoms with Crippen LogP contribution in [0.3, 0.4) is 0 Å². The molecule has 1 amide bonds. The second kappa shape index (κ2) is 6.20. The summed E-state index contributed by atoms with van der Waals surface area (Å²) in [7, 11) is 0. The number of hydrogen-bond donors (Lipinski definition) is 1. The number of carbonyl (C=O) groups is 3. The van der Waals surface area contributed by atoms with Gasteiger partial charge >= 0.3 is 18.1 Å². The van der Waals surface area contributed by atoms with E-state index >= 15 is 0 Å². The average molecular weight is 467 g/mol.